The number of methoxy groups -OCH3 is 1. The molecule has 4 unspecified atom stereocenters. The molecule has 1 saturated heterocycles. The third-order valence-electron chi connectivity index (χ3n) is 11.4. The molecule has 4 atom stereocenters. The minimum atomic E-state index is -1.34. The number of imide groups is 1. The van der Waals surface area contributed by atoms with Crippen LogP contribution in [0.1, 0.15) is 36.4 Å². The molecule has 3 aromatic heterocycles. The molecule has 0 spiro atoms. The van der Waals surface area contributed by atoms with Gasteiger partial charge in [-0.2, -0.15) is 5.10 Å². The van der Waals surface area contributed by atoms with Crippen molar-refractivity contribution in [1.29, 1.82) is 0 Å². The molecule has 0 bridgehead atoms. The Hall–Kier alpha value is -5.18. The largest absolute Gasteiger partial charge is 0.503 e. The lowest BCUT2D eigenvalue weighted by atomic mass is 9.56. The average molecular weight is 828 g/mol. The Morgan fingerprint density at radius 2 is 1.80 bits per heavy atom. The van der Waals surface area contributed by atoms with Crippen LogP contribution in [0.4, 0.5) is 5.82 Å². The second-order valence-corrected chi connectivity index (χ2v) is 16.5. The highest BCUT2D eigenvalue weighted by atomic mass is 79.9. The number of aromatic nitrogens is 5. The molecule has 3 aromatic carbocycles. The van der Waals surface area contributed by atoms with Crippen molar-refractivity contribution in [2.45, 2.75) is 38.8 Å². The Kier molecular flexibility index (Phi) is 7.79. The number of nitrogens with zero attached hydrogens (tertiary/aromatic N) is 6. The molecule has 274 valence electrons. The highest BCUT2D eigenvalue weighted by Crippen LogP contribution is 2.62. The van der Waals surface area contributed by atoms with E-state index in [-0.39, 0.29) is 24.5 Å². The minimum Gasteiger partial charge on any atom is -0.503 e. The van der Waals surface area contributed by atoms with Crippen molar-refractivity contribution in [3.8, 4) is 27.8 Å². The molecule has 1 saturated carbocycles. The van der Waals surface area contributed by atoms with E-state index < -0.39 is 46.5 Å². The van der Waals surface area contributed by atoms with E-state index in [9.17, 15) is 19.5 Å². The van der Waals surface area contributed by atoms with Gasteiger partial charge in [-0.15, -0.1) is 11.3 Å². The van der Waals surface area contributed by atoms with Crippen molar-refractivity contribution in [2.75, 3.05) is 12.0 Å². The maximum Gasteiger partial charge on any atom is 0.352 e. The number of amides is 2. The highest BCUT2D eigenvalue weighted by Gasteiger charge is 2.66. The molecule has 0 radical (unpaired) electrons. The normalized spacial score (nSPS) is 22.0. The van der Waals surface area contributed by atoms with E-state index in [0.717, 1.165) is 25.1 Å². The molecule has 2 amide bonds. The van der Waals surface area contributed by atoms with Crippen LogP contribution >= 0.6 is 38.9 Å². The molecule has 1 N–H and O–H groups in total. The fourth-order valence-electron chi connectivity index (χ4n) is 8.80. The number of phenolic OH excluding ortho intramolecular Hbond substituents is 1. The number of hydrogen-bond acceptors (Lipinski definition) is 8. The first kappa shape index (κ1) is 34.6. The van der Waals surface area contributed by atoms with E-state index in [1.54, 1.807) is 78.5 Å². The molecule has 1 aliphatic carbocycles. The number of thiophene rings is 1. The monoisotopic (exact) mass is 826 g/mol. The summed E-state index contributed by atoms with van der Waals surface area (Å²) >= 11 is 11.3. The van der Waals surface area contributed by atoms with Gasteiger partial charge in [-0.25, -0.2) is 28.4 Å². The van der Waals surface area contributed by atoms with Crippen molar-refractivity contribution in [3.05, 3.63) is 120 Å². The molecule has 12 nitrogen and oxygen atoms in total. The van der Waals surface area contributed by atoms with Gasteiger partial charge in [0, 0.05) is 28.8 Å². The molecule has 3 aliphatic rings. The van der Waals surface area contributed by atoms with Crippen LogP contribution in [0.5, 0.6) is 11.5 Å². The van der Waals surface area contributed by atoms with E-state index in [1.807, 2.05) is 31.2 Å². The second-order valence-electron chi connectivity index (χ2n) is 14.1. The van der Waals surface area contributed by atoms with E-state index >= 15 is 4.79 Å². The van der Waals surface area contributed by atoms with Gasteiger partial charge in [0.1, 0.15) is 11.5 Å². The van der Waals surface area contributed by atoms with Crippen LogP contribution < -0.4 is 21.0 Å². The van der Waals surface area contributed by atoms with Gasteiger partial charge in [0.2, 0.25) is 11.8 Å². The minimum absolute atomic E-state index is 0.0735. The first-order valence-corrected chi connectivity index (χ1v) is 19.2. The number of aromatic hydroxyl groups is 1. The number of carbonyl (C=O) groups is 2. The summed E-state index contributed by atoms with van der Waals surface area (Å²) in [5.41, 5.74) is 0.952. The predicted molar refractivity (Wildman–Crippen MR) is 209 cm³/mol. The summed E-state index contributed by atoms with van der Waals surface area (Å²) in [4.78, 5) is 60.2. The van der Waals surface area contributed by atoms with Crippen molar-refractivity contribution in [3.63, 3.8) is 0 Å². The second kappa shape index (κ2) is 12.2. The zero-order valence-corrected chi connectivity index (χ0v) is 32.6. The zero-order chi connectivity index (χ0) is 38.0. The van der Waals surface area contributed by atoms with Crippen molar-refractivity contribution < 1.29 is 19.4 Å². The van der Waals surface area contributed by atoms with Crippen LogP contribution in [0.2, 0.25) is 5.02 Å². The summed E-state index contributed by atoms with van der Waals surface area (Å²) in [7, 11) is 3.14. The molecule has 15 heteroatoms. The number of phenols is 1. The first-order valence-electron chi connectivity index (χ1n) is 17.2. The fourth-order valence-corrected chi connectivity index (χ4v) is 10.6. The number of anilines is 1. The van der Waals surface area contributed by atoms with Crippen LogP contribution in [0.25, 0.3) is 26.3 Å². The predicted octanol–water partition coefficient (Wildman–Crippen LogP) is 6.72. The maximum absolute atomic E-state index is 15.1. The molecule has 5 heterocycles. The van der Waals surface area contributed by atoms with Gasteiger partial charge < -0.3 is 9.84 Å². The van der Waals surface area contributed by atoms with Gasteiger partial charge >= 0.3 is 11.4 Å². The molecule has 9 rings (SSSR count). The number of halogens is 2. The Labute approximate surface area is 325 Å². The number of carbonyl (C=O) groups excluding carboxylic acids is 2. The van der Waals surface area contributed by atoms with Crippen molar-refractivity contribution in [1.82, 2.24) is 23.7 Å². The summed E-state index contributed by atoms with van der Waals surface area (Å²) in [5, 5.41) is 17.2. The fraction of sp³-hybridized carbons (Fsp3) is 0.256. The molecular weight excluding hydrogens is 796 g/mol. The van der Waals surface area contributed by atoms with Gasteiger partial charge in [-0.3, -0.25) is 14.3 Å². The van der Waals surface area contributed by atoms with E-state index in [0.29, 0.717) is 37.8 Å². The number of allylic oxidation sites excluding steroid dienone is 2. The standard InChI is InChI=1S/C39H32BrClN6O6S/c1-19-24-16-21(41)10-11-30(24)54-34(19)27-18-31(43(3)42-27)46-35(49)25-17-28-23(12-13-44-37(51)45(38(52)47(28)44)22-8-6-5-7-9-22)32(39(25,2)36(46)50)20-14-26(40)33(48)29(15-20)53-4/h5-12,14-16,18,25,28,32,48H,13,17H2,1-4H3. The van der Waals surface area contributed by atoms with Gasteiger partial charge in [-0.1, -0.05) is 35.9 Å². The van der Waals surface area contributed by atoms with Crippen LogP contribution in [0.3, 0.4) is 0 Å². The van der Waals surface area contributed by atoms with Crippen molar-refractivity contribution >= 4 is 66.6 Å². The number of rotatable bonds is 5. The number of ether oxygens (including phenoxy) is 1. The highest BCUT2D eigenvalue weighted by molar-refractivity contribution is 9.10. The van der Waals surface area contributed by atoms with E-state index in [1.165, 1.54) is 21.4 Å². The van der Waals surface area contributed by atoms with Gasteiger partial charge in [0.25, 0.3) is 0 Å². The average Bonchev–Trinajstić information content (AvgIpc) is 3.83. The summed E-state index contributed by atoms with van der Waals surface area (Å²) in [6.07, 6.45) is 1.98. The summed E-state index contributed by atoms with van der Waals surface area (Å²) < 4.78 is 12.4. The SMILES string of the molecule is COc1cc(C2C3=CCn4c(=O)n(-c5ccccc5)c(=O)n4C3CC3C(=O)N(c4cc(-c5sc6ccc(Cl)cc6c5C)nn4C)C(=O)C32C)cc(Br)c1O. The summed E-state index contributed by atoms with van der Waals surface area (Å²) in [6, 6.07) is 18.8. The Bertz CT molecular complexity index is 2760. The molecular formula is C39H32BrClN6O6S. The van der Waals surface area contributed by atoms with Crippen LogP contribution in [-0.4, -0.2) is 47.7 Å². The molecule has 2 aliphatic heterocycles. The van der Waals surface area contributed by atoms with E-state index in [4.69, 9.17) is 21.4 Å². The Morgan fingerprint density at radius 1 is 1.04 bits per heavy atom. The van der Waals surface area contributed by atoms with E-state index in [2.05, 4.69) is 15.9 Å². The lowest BCUT2D eigenvalue weighted by molar-refractivity contribution is -0.129. The lowest BCUT2D eigenvalue weighted by Crippen LogP contribution is -2.49. The molecule has 6 aromatic rings. The van der Waals surface area contributed by atoms with Crippen LogP contribution in [-0.2, 0) is 23.2 Å². The number of aryl methyl sites for hydroxylation is 2. The van der Waals surface area contributed by atoms with Gasteiger partial charge in [0.15, 0.2) is 11.5 Å². The number of para-hydroxylation sites is 1. The molecule has 54 heavy (non-hydrogen) atoms. The van der Waals surface area contributed by atoms with Crippen molar-refractivity contribution in [2.24, 2.45) is 18.4 Å². The zero-order valence-electron chi connectivity index (χ0n) is 29.4. The summed E-state index contributed by atoms with van der Waals surface area (Å²) in [6.45, 7) is 3.87. The number of fused-ring (bicyclic) bond motifs is 5. The van der Waals surface area contributed by atoms with Gasteiger partial charge in [0.05, 0.1) is 46.1 Å². The Balaban J connectivity index is 1.21. The first-order chi connectivity index (χ1) is 25.8. The number of benzene rings is 3. The Morgan fingerprint density at radius 3 is 2.54 bits per heavy atom. The van der Waals surface area contributed by atoms with Crippen LogP contribution in [0.15, 0.2) is 92.4 Å². The topological polar surface area (TPSA) is 134 Å². The van der Waals surface area contributed by atoms with Crippen LogP contribution in [0, 0.1) is 18.3 Å². The number of hydrogen-bond donors (Lipinski definition) is 1. The summed E-state index contributed by atoms with van der Waals surface area (Å²) in [5.74, 6) is -2.14. The van der Waals surface area contributed by atoms with Gasteiger partial charge in [-0.05, 0) is 101 Å². The molecule has 2 fully saturated rings. The lowest BCUT2D eigenvalue weighted by Gasteiger charge is -2.47. The smallest absolute Gasteiger partial charge is 0.352 e. The quantitative estimate of drug-likeness (QED) is 0.151. The third-order valence-corrected chi connectivity index (χ3v) is 13.5. The maximum atomic E-state index is 15.1. The third kappa shape index (κ3) is 4.69.